The number of alkyl halides is 1. The highest BCUT2D eigenvalue weighted by Crippen LogP contribution is 2.28. The molecule has 1 unspecified atom stereocenters. The van der Waals surface area contributed by atoms with Crippen LogP contribution in [0.4, 0.5) is 0 Å². The zero-order chi connectivity index (χ0) is 12.3. The summed E-state index contributed by atoms with van der Waals surface area (Å²) in [7, 11) is 0. The molecule has 0 spiro atoms. The monoisotopic (exact) mass is 296 g/mol. The summed E-state index contributed by atoms with van der Waals surface area (Å²) in [6.07, 6.45) is 11.0. The van der Waals surface area contributed by atoms with Crippen LogP contribution in [0.5, 0.6) is 0 Å². The summed E-state index contributed by atoms with van der Waals surface area (Å²) in [5.41, 5.74) is 1.42. The quantitative estimate of drug-likeness (QED) is 0.372. The average molecular weight is 297 g/mol. The molecule has 0 heterocycles. The third-order valence-electron chi connectivity index (χ3n) is 3.22. The van der Waals surface area contributed by atoms with Crippen molar-refractivity contribution < 1.29 is 0 Å². The lowest BCUT2D eigenvalue weighted by Crippen LogP contribution is -1.90. The lowest BCUT2D eigenvalue weighted by molar-refractivity contribution is 0.574. The number of unbranched alkanes of at least 4 members (excludes halogenated alkanes) is 6. The van der Waals surface area contributed by atoms with Gasteiger partial charge in [-0.1, -0.05) is 98.1 Å². The average Bonchev–Trinajstić information content (AvgIpc) is 2.38. The summed E-state index contributed by atoms with van der Waals surface area (Å²) in [4.78, 5) is 0.541. The van der Waals surface area contributed by atoms with Crippen molar-refractivity contribution in [2.75, 3.05) is 0 Å². The molecule has 0 aliphatic carbocycles. The zero-order valence-corrected chi connectivity index (χ0v) is 12.6. The predicted octanol–water partition coefficient (Wildman–Crippen LogP) is 6.26. The van der Waals surface area contributed by atoms with Crippen LogP contribution < -0.4 is 0 Å². The molecule has 0 saturated carbocycles. The van der Waals surface area contributed by atoms with E-state index in [0.29, 0.717) is 4.83 Å². The van der Waals surface area contributed by atoms with Crippen LogP contribution in [0.3, 0.4) is 0 Å². The summed E-state index contributed by atoms with van der Waals surface area (Å²) in [6.45, 7) is 2.27. The van der Waals surface area contributed by atoms with Crippen LogP contribution in [0.2, 0.25) is 0 Å². The minimum atomic E-state index is 0.541. The standard InChI is InChI=1S/C16H25Br/c1-2-3-4-5-6-7-11-14-16(17)15-12-9-8-10-13-15/h8-10,12-13,16H,2-7,11,14H2,1H3. The van der Waals surface area contributed by atoms with Crippen LogP contribution in [-0.4, -0.2) is 0 Å². The van der Waals surface area contributed by atoms with Crippen LogP contribution in [0.1, 0.15) is 68.7 Å². The third kappa shape index (κ3) is 6.88. The van der Waals surface area contributed by atoms with Crippen LogP contribution >= 0.6 is 15.9 Å². The lowest BCUT2D eigenvalue weighted by Gasteiger charge is -2.09. The molecule has 1 aromatic carbocycles. The van der Waals surface area contributed by atoms with E-state index in [1.54, 1.807) is 0 Å². The SMILES string of the molecule is CCCCCCCCCC(Br)c1ccccc1. The van der Waals surface area contributed by atoms with E-state index in [1.165, 1.54) is 56.9 Å². The van der Waals surface area contributed by atoms with E-state index in [4.69, 9.17) is 0 Å². The molecule has 0 saturated heterocycles. The summed E-state index contributed by atoms with van der Waals surface area (Å²) in [6, 6.07) is 10.7. The minimum Gasteiger partial charge on any atom is -0.0839 e. The number of rotatable bonds is 9. The Labute approximate surface area is 115 Å². The summed E-state index contributed by atoms with van der Waals surface area (Å²) in [5.74, 6) is 0. The fourth-order valence-electron chi connectivity index (χ4n) is 2.11. The van der Waals surface area contributed by atoms with Gasteiger partial charge in [0.15, 0.2) is 0 Å². The van der Waals surface area contributed by atoms with Crippen molar-refractivity contribution in [3.8, 4) is 0 Å². The van der Waals surface area contributed by atoms with Gasteiger partial charge in [0.1, 0.15) is 0 Å². The molecule has 0 radical (unpaired) electrons. The maximum absolute atomic E-state index is 3.78. The second-order valence-electron chi connectivity index (χ2n) is 4.79. The van der Waals surface area contributed by atoms with Crippen molar-refractivity contribution in [3.63, 3.8) is 0 Å². The Morgan fingerprint density at radius 2 is 1.47 bits per heavy atom. The summed E-state index contributed by atoms with van der Waals surface area (Å²) in [5, 5.41) is 0. The number of hydrogen-bond acceptors (Lipinski definition) is 0. The van der Waals surface area contributed by atoms with Gasteiger partial charge in [0.2, 0.25) is 0 Å². The molecule has 0 aliphatic heterocycles. The van der Waals surface area contributed by atoms with Gasteiger partial charge in [-0.15, -0.1) is 0 Å². The van der Waals surface area contributed by atoms with Gasteiger partial charge in [-0.25, -0.2) is 0 Å². The van der Waals surface area contributed by atoms with E-state index in [1.807, 2.05) is 0 Å². The molecule has 0 N–H and O–H groups in total. The maximum Gasteiger partial charge on any atom is 0.0395 e. The first-order valence-corrected chi connectivity index (χ1v) is 7.95. The number of halogens is 1. The van der Waals surface area contributed by atoms with Crippen molar-refractivity contribution in [2.24, 2.45) is 0 Å². The van der Waals surface area contributed by atoms with Gasteiger partial charge >= 0.3 is 0 Å². The molecule has 1 aromatic rings. The van der Waals surface area contributed by atoms with E-state index >= 15 is 0 Å². The molecule has 1 heteroatoms. The van der Waals surface area contributed by atoms with Crippen molar-refractivity contribution >= 4 is 15.9 Å². The van der Waals surface area contributed by atoms with Crippen molar-refractivity contribution in [1.29, 1.82) is 0 Å². The Bertz CT molecular complexity index is 268. The Balaban J connectivity index is 2.03. The summed E-state index contributed by atoms with van der Waals surface area (Å²) >= 11 is 3.78. The van der Waals surface area contributed by atoms with Gasteiger partial charge in [-0.2, -0.15) is 0 Å². The Morgan fingerprint density at radius 3 is 2.12 bits per heavy atom. The second-order valence-corrected chi connectivity index (χ2v) is 5.89. The molecule has 96 valence electrons. The lowest BCUT2D eigenvalue weighted by atomic mass is 10.0. The van der Waals surface area contributed by atoms with Crippen LogP contribution in [0.25, 0.3) is 0 Å². The van der Waals surface area contributed by atoms with Gasteiger partial charge in [0.25, 0.3) is 0 Å². The smallest absolute Gasteiger partial charge is 0.0395 e. The van der Waals surface area contributed by atoms with Crippen molar-refractivity contribution in [3.05, 3.63) is 35.9 Å². The molecular weight excluding hydrogens is 272 g/mol. The fourth-order valence-corrected chi connectivity index (χ4v) is 2.74. The molecule has 0 fully saturated rings. The van der Waals surface area contributed by atoms with E-state index in [9.17, 15) is 0 Å². The topological polar surface area (TPSA) is 0 Å². The van der Waals surface area contributed by atoms with Gasteiger partial charge in [0.05, 0.1) is 0 Å². The minimum absolute atomic E-state index is 0.541. The molecule has 17 heavy (non-hydrogen) atoms. The fraction of sp³-hybridized carbons (Fsp3) is 0.625. The highest BCUT2D eigenvalue weighted by atomic mass is 79.9. The van der Waals surface area contributed by atoms with Gasteiger partial charge in [-0.3, -0.25) is 0 Å². The first kappa shape index (κ1) is 14.8. The zero-order valence-electron chi connectivity index (χ0n) is 11.0. The van der Waals surface area contributed by atoms with Gasteiger partial charge < -0.3 is 0 Å². The molecule has 0 amide bonds. The van der Waals surface area contributed by atoms with Gasteiger partial charge in [0, 0.05) is 4.83 Å². The Morgan fingerprint density at radius 1 is 0.882 bits per heavy atom. The number of hydrogen-bond donors (Lipinski definition) is 0. The van der Waals surface area contributed by atoms with Crippen LogP contribution in [0.15, 0.2) is 30.3 Å². The molecule has 0 nitrogen and oxygen atoms in total. The molecular formula is C16H25Br. The maximum atomic E-state index is 3.78. The highest BCUT2D eigenvalue weighted by Gasteiger charge is 2.05. The molecule has 0 aromatic heterocycles. The third-order valence-corrected chi connectivity index (χ3v) is 4.21. The molecule has 0 bridgehead atoms. The predicted molar refractivity (Wildman–Crippen MR) is 80.7 cm³/mol. The second kappa shape index (κ2) is 9.70. The normalized spacial score (nSPS) is 12.6. The Hall–Kier alpha value is -0.300. The first-order chi connectivity index (χ1) is 8.34. The van der Waals surface area contributed by atoms with Gasteiger partial charge in [-0.05, 0) is 12.0 Å². The molecule has 1 atom stereocenters. The highest BCUT2D eigenvalue weighted by molar-refractivity contribution is 9.09. The molecule has 0 aliphatic rings. The van der Waals surface area contributed by atoms with Crippen LogP contribution in [-0.2, 0) is 0 Å². The molecule has 1 rings (SSSR count). The van der Waals surface area contributed by atoms with E-state index in [0.717, 1.165) is 0 Å². The van der Waals surface area contributed by atoms with Crippen molar-refractivity contribution in [2.45, 2.75) is 63.1 Å². The number of benzene rings is 1. The van der Waals surface area contributed by atoms with E-state index in [2.05, 4.69) is 53.2 Å². The van der Waals surface area contributed by atoms with E-state index in [-0.39, 0.29) is 0 Å². The first-order valence-electron chi connectivity index (χ1n) is 7.03. The van der Waals surface area contributed by atoms with Crippen molar-refractivity contribution in [1.82, 2.24) is 0 Å². The van der Waals surface area contributed by atoms with E-state index < -0.39 is 0 Å². The Kier molecular flexibility index (Phi) is 8.42. The summed E-state index contributed by atoms with van der Waals surface area (Å²) < 4.78 is 0. The van der Waals surface area contributed by atoms with Crippen LogP contribution in [0, 0.1) is 0 Å². The largest absolute Gasteiger partial charge is 0.0839 e.